The molecule has 1 amide bonds. The summed E-state index contributed by atoms with van der Waals surface area (Å²) < 4.78 is 0. The first-order valence-electron chi connectivity index (χ1n) is 12.0. The number of aromatic amines is 1. The molecule has 2 N–H and O–H groups in total. The van der Waals surface area contributed by atoms with Gasteiger partial charge in [-0.2, -0.15) is 5.26 Å². The first-order valence-corrected chi connectivity index (χ1v) is 13.7. The van der Waals surface area contributed by atoms with Crippen molar-refractivity contribution < 1.29 is 4.79 Å². The third-order valence-electron chi connectivity index (χ3n) is 6.31. The molecule has 6 nitrogen and oxygen atoms in total. The number of imidazole rings is 1. The number of anilines is 1. The first-order chi connectivity index (χ1) is 17.6. The summed E-state index contributed by atoms with van der Waals surface area (Å²) in [5, 5.41) is 13.9. The number of thioether (sulfide) groups is 1. The van der Waals surface area contributed by atoms with Crippen molar-refractivity contribution >= 4 is 34.0 Å². The number of H-pyrrole nitrogens is 1. The maximum absolute atomic E-state index is 13.3. The molecule has 1 aliphatic heterocycles. The minimum absolute atomic E-state index is 0.107. The van der Waals surface area contributed by atoms with Gasteiger partial charge in [-0.1, -0.05) is 79.3 Å². The average molecular weight is 514 g/mol. The number of benzene rings is 2. The van der Waals surface area contributed by atoms with Crippen LogP contribution in [0.4, 0.5) is 5.00 Å². The van der Waals surface area contributed by atoms with Gasteiger partial charge in [-0.3, -0.25) is 4.79 Å². The maximum Gasteiger partial charge on any atom is 0.238 e. The molecule has 3 heterocycles. The van der Waals surface area contributed by atoms with Crippen LogP contribution in [-0.4, -0.2) is 39.6 Å². The fourth-order valence-corrected chi connectivity index (χ4v) is 6.60. The van der Waals surface area contributed by atoms with E-state index >= 15 is 0 Å². The van der Waals surface area contributed by atoms with Crippen LogP contribution in [0.1, 0.15) is 29.3 Å². The molecule has 0 fully saturated rings. The molecule has 1 unspecified atom stereocenters. The first kappa shape index (κ1) is 24.3. The fourth-order valence-electron chi connectivity index (χ4n) is 4.41. The predicted octanol–water partition coefficient (Wildman–Crippen LogP) is 6.17. The number of hydrogen-bond donors (Lipinski definition) is 2. The van der Waals surface area contributed by atoms with E-state index in [9.17, 15) is 10.1 Å². The summed E-state index contributed by atoms with van der Waals surface area (Å²) in [7, 11) is 2.08. The van der Waals surface area contributed by atoms with Crippen LogP contribution in [0.3, 0.4) is 0 Å². The summed E-state index contributed by atoms with van der Waals surface area (Å²) in [6.45, 7) is 3.73. The second-order valence-corrected chi connectivity index (χ2v) is 11.1. The van der Waals surface area contributed by atoms with Crippen molar-refractivity contribution in [3.8, 4) is 28.6 Å². The number of aromatic nitrogens is 2. The Kier molecular flexibility index (Phi) is 7.23. The molecule has 1 atom stereocenters. The summed E-state index contributed by atoms with van der Waals surface area (Å²) in [6.07, 6.45) is 1.47. The number of carbonyl (C=O) groups excluding carboxylic acids is 1. The van der Waals surface area contributed by atoms with E-state index < -0.39 is 0 Å². The van der Waals surface area contributed by atoms with Crippen molar-refractivity contribution in [2.75, 3.05) is 18.9 Å². The molecule has 0 radical (unpaired) electrons. The van der Waals surface area contributed by atoms with Crippen molar-refractivity contribution in [1.29, 1.82) is 5.26 Å². The Morgan fingerprint density at radius 3 is 2.56 bits per heavy atom. The van der Waals surface area contributed by atoms with Crippen molar-refractivity contribution in [2.45, 2.75) is 36.7 Å². The number of nitriles is 1. The van der Waals surface area contributed by atoms with E-state index in [0.717, 1.165) is 47.6 Å². The van der Waals surface area contributed by atoms with Gasteiger partial charge in [0.05, 0.1) is 22.2 Å². The summed E-state index contributed by atoms with van der Waals surface area (Å²) in [5.41, 5.74) is 5.56. The minimum Gasteiger partial charge on any atom is -0.332 e. The number of nitrogens with zero attached hydrogens (tertiary/aromatic N) is 3. The summed E-state index contributed by atoms with van der Waals surface area (Å²) in [4.78, 5) is 25.1. The van der Waals surface area contributed by atoms with Crippen molar-refractivity contribution in [3.05, 3.63) is 76.7 Å². The highest BCUT2D eigenvalue weighted by Crippen LogP contribution is 2.38. The molecule has 8 heteroatoms. The Labute approximate surface area is 219 Å². The summed E-state index contributed by atoms with van der Waals surface area (Å²) in [5.74, 6) is -0.107. The van der Waals surface area contributed by atoms with Gasteiger partial charge in [0.15, 0.2) is 5.16 Å². The third kappa shape index (κ3) is 4.96. The molecule has 0 saturated heterocycles. The molecule has 0 bridgehead atoms. The van der Waals surface area contributed by atoms with Crippen molar-refractivity contribution in [1.82, 2.24) is 14.9 Å². The second kappa shape index (κ2) is 10.7. The van der Waals surface area contributed by atoms with Crippen LogP contribution in [0.2, 0.25) is 0 Å². The van der Waals surface area contributed by atoms with Gasteiger partial charge in [0.1, 0.15) is 11.1 Å². The van der Waals surface area contributed by atoms with E-state index in [-0.39, 0.29) is 11.2 Å². The van der Waals surface area contributed by atoms with Crippen LogP contribution in [0.5, 0.6) is 0 Å². The zero-order chi connectivity index (χ0) is 25.1. The van der Waals surface area contributed by atoms with Gasteiger partial charge in [-0.05, 0) is 25.5 Å². The smallest absolute Gasteiger partial charge is 0.238 e. The van der Waals surface area contributed by atoms with Gasteiger partial charge in [0.2, 0.25) is 5.91 Å². The molecule has 2 aromatic carbocycles. The van der Waals surface area contributed by atoms with E-state index in [1.807, 2.05) is 55.5 Å². The van der Waals surface area contributed by atoms with Crippen LogP contribution in [0.15, 0.2) is 65.8 Å². The van der Waals surface area contributed by atoms with Crippen LogP contribution in [0, 0.1) is 11.3 Å². The molecule has 5 rings (SSSR count). The lowest BCUT2D eigenvalue weighted by Crippen LogP contribution is -2.25. The van der Waals surface area contributed by atoms with Gasteiger partial charge in [-0.15, -0.1) is 11.3 Å². The lowest BCUT2D eigenvalue weighted by Gasteiger charge is -2.21. The van der Waals surface area contributed by atoms with Crippen LogP contribution in [0.25, 0.3) is 22.5 Å². The summed E-state index contributed by atoms with van der Waals surface area (Å²) >= 11 is 2.95. The SMILES string of the molecule is CCC(Sc1nc(-c2ccccc2)c(-c2ccccc2)[nH]1)C(=O)Nc1sc2c(c1C#N)CCN(C)C2. The summed E-state index contributed by atoms with van der Waals surface area (Å²) in [6, 6.07) is 22.5. The number of carbonyl (C=O) groups is 1. The van der Waals surface area contributed by atoms with Crippen molar-refractivity contribution in [2.24, 2.45) is 0 Å². The second-order valence-electron chi connectivity index (χ2n) is 8.81. The molecule has 36 heavy (non-hydrogen) atoms. The minimum atomic E-state index is -0.350. The Morgan fingerprint density at radius 1 is 1.19 bits per heavy atom. The molecule has 2 aromatic heterocycles. The molecule has 1 aliphatic rings. The highest BCUT2D eigenvalue weighted by molar-refractivity contribution is 8.00. The topological polar surface area (TPSA) is 84.8 Å². The van der Waals surface area contributed by atoms with E-state index in [1.54, 1.807) is 0 Å². The average Bonchev–Trinajstić information content (AvgIpc) is 3.48. The molecule has 4 aromatic rings. The quantitative estimate of drug-likeness (QED) is 0.289. The number of fused-ring (bicyclic) bond motifs is 1. The van der Waals surface area contributed by atoms with Crippen molar-refractivity contribution in [3.63, 3.8) is 0 Å². The molecule has 0 aliphatic carbocycles. The normalized spacial score (nSPS) is 14.1. The van der Waals surface area contributed by atoms with E-state index in [2.05, 4.69) is 40.5 Å². The highest BCUT2D eigenvalue weighted by atomic mass is 32.2. The number of likely N-dealkylation sites (N-methyl/N-ethyl adjacent to an activating group) is 1. The van der Waals surface area contributed by atoms with Gasteiger partial charge in [0.25, 0.3) is 0 Å². The van der Waals surface area contributed by atoms with Gasteiger partial charge < -0.3 is 15.2 Å². The third-order valence-corrected chi connectivity index (χ3v) is 8.69. The Bertz CT molecular complexity index is 1350. The number of thiophene rings is 1. The maximum atomic E-state index is 13.3. The Hall–Kier alpha value is -3.38. The molecular formula is C28H27N5OS2. The zero-order valence-corrected chi connectivity index (χ0v) is 21.9. The Balaban J connectivity index is 1.40. The van der Waals surface area contributed by atoms with Crippen LogP contribution < -0.4 is 5.32 Å². The zero-order valence-electron chi connectivity index (χ0n) is 20.2. The fraction of sp³-hybridized carbons (Fsp3) is 0.250. The van der Waals surface area contributed by atoms with Gasteiger partial charge in [0, 0.05) is 29.1 Å². The molecule has 0 saturated carbocycles. The lowest BCUT2D eigenvalue weighted by molar-refractivity contribution is -0.115. The monoisotopic (exact) mass is 513 g/mol. The van der Waals surface area contributed by atoms with Crippen LogP contribution >= 0.6 is 23.1 Å². The number of nitrogens with one attached hydrogen (secondary N) is 2. The van der Waals surface area contributed by atoms with Gasteiger partial charge in [-0.25, -0.2) is 4.98 Å². The standard InChI is InChI=1S/C28H27N5OS2/c1-3-22(26(34)32-27-21(16-29)20-14-15-33(2)17-23(20)35-27)36-28-30-24(18-10-6-4-7-11-18)25(31-28)19-12-8-5-9-13-19/h4-13,22H,3,14-15,17H2,1-2H3,(H,30,31)(H,32,34). The predicted molar refractivity (Wildman–Crippen MR) is 147 cm³/mol. The molecule has 0 spiro atoms. The molecular weight excluding hydrogens is 486 g/mol. The Morgan fingerprint density at radius 2 is 1.89 bits per heavy atom. The molecule has 182 valence electrons. The number of rotatable bonds is 7. The van der Waals surface area contributed by atoms with E-state index in [4.69, 9.17) is 4.98 Å². The lowest BCUT2D eigenvalue weighted by atomic mass is 10.0. The number of amides is 1. The van der Waals surface area contributed by atoms with E-state index in [0.29, 0.717) is 22.1 Å². The van der Waals surface area contributed by atoms with Crippen LogP contribution in [-0.2, 0) is 17.8 Å². The largest absolute Gasteiger partial charge is 0.332 e. The highest BCUT2D eigenvalue weighted by Gasteiger charge is 2.27. The van der Waals surface area contributed by atoms with E-state index in [1.165, 1.54) is 28.0 Å². The van der Waals surface area contributed by atoms with Gasteiger partial charge >= 0.3 is 0 Å². The number of hydrogen-bond acceptors (Lipinski definition) is 6.